The lowest BCUT2D eigenvalue weighted by molar-refractivity contribution is 0.104. The molecule has 0 atom stereocenters. The minimum Gasteiger partial charge on any atom is -0.399 e. The lowest BCUT2D eigenvalue weighted by Crippen LogP contribution is -1.90. The van der Waals surface area contributed by atoms with Crippen LogP contribution in [0.4, 0.5) is 5.69 Å². The summed E-state index contributed by atoms with van der Waals surface area (Å²) in [5, 5.41) is 3.74. The molecule has 1 aromatic carbocycles. The molecule has 0 spiro atoms. The smallest absolute Gasteiger partial charge is 0.186 e. The SMILES string of the molecule is Nc1ccc(/C=C/C(=O)c2ccsc2)cc1. The van der Waals surface area contributed by atoms with Crippen molar-refractivity contribution >= 4 is 28.9 Å². The van der Waals surface area contributed by atoms with Crippen LogP contribution in [0, 0.1) is 0 Å². The number of benzene rings is 1. The van der Waals surface area contributed by atoms with E-state index in [9.17, 15) is 4.79 Å². The van der Waals surface area contributed by atoms with E-state index >= 15 is 0 Å². The van der Waals surface area contributed by atoms with E-state index in [0.29, 0.717) is 0 Å². The van der Waals surface area contributed by atoms with Gasteiger partial charge in [-0.25, -0.2) is 0 Å². The van der Waals surface area contributed by atoms with E-state index in [2.05, 4.69) is 0 Å². The molecular weight excluding hydrogens is 218 g/mol. The number of allylic oxidation sites excluding steroid dienone is 1. The summed E-state index contributed by atoms with van der Waals surface area (Å²) in [6, 6.07) is 9.21. The first-order valence-corrected chi connectivity index (χ1v) is 5.80. The highest BCUT2D eigenvalue weighted by molar-refractivity contribution is 7.08. The number of nitrogens with two attached hydrogens (primary N) is 1. The average Bonchev–Trinajstić information content (AvgIpc) is 2.81. The van der Waals surface area contributed by atoms with E-state index in [1.54, 1.807) is 12.2 Å². The fourth-order valence-corrected chi connectivity index (χ4v) is 1.93. The molecule has 0 aliphatic carbocycles. The monoisotopic (exact) mass is 229 g/mol. The summed E-state index contributed by atoms with van der Waals surface area (Å²) in [6.07, 6.45) is 3.37. The van der Waals surface area contributed by atoms with Crippen LogP contribution in [0.2, 0.25) is 0 Å². The molecule has 16 heavy (non-hydrogen) atoms. The Balaban J connectivity index is 2.10. The number of hydrogen-bond donors (Lipinski definition) is 1. The van der Waals surface area contributed by atoms with Crippen molar-refractivity contribution in [3.8, 4) is 0 Å². The fourth-order valence-electron chi connectivity index (χ4n) is 1.28. The lowest BCUT2D eigenvalue weighted by Gasteiger charge is -1.94. The van der Waals surface area contributed by atoms with Gasteiger partial charge in [-0.15, -0.1) is 0 Å². The summed E-state index contributed by atoms with van der Waals surface area (Å²) in [7, 11) is 0. The Morgan fingerprint density at radius 2 is 1.94 bits per heavy atom. The van der Waals surface area contributed by atoms with Gasteiger partial charge in [0.1, 0.15) is 0 Å². The van der Waals surface area contributed by atoms with Gasteiger partial charge in [0.05, 0.1) is 0 Å². The van der Waals surface area contributed by atoms with Gasteiger partial charge in [0.25, 0.3) is 0 Å². The van der Waals surface area contributed by atoms with Crippen molar-refractivity contribution < 1.29 is 4.79 Å². The van der Waals surface area contributed by atoms with Crippen molar-refractivity contribution in [2.75, 3.05) is 5.73 Å². The van der Waals surface area contributed by atoms with Crippen LogP contribution in [-0.4, -0.2) is 5.78 Å². The zero-order chi connectivity index (χ0) is 11.4. The maximum Gasteiger partial charge on any atom is 0.186 e. The van der Waals surface area contributed by atoms with Gasteiger partial charge in [0, 0.05) is 16.6 Å². The molecule has 0 bridgehead atoms. The number of carbonyl (C=O) groups is 1. The molecule has 0 aliphatic heterocycles. The summed E-state index contributed by atoms with van der Waals surface area (Å²) >= 11 is 1.52. The van der Waals surface area contributed by atoms with Gasteiger partial charge in [-0.2, -0.15) is 11.3 Å². The van der Waals surface area contributed by atoms with Gasteiger partial charge in [-0.05, 0) is 35.2 Å². The van der Waals surface area contributed by atoms with E-state index in [1.165, 1.54) is 11.3 Å². The van der Waals surface area contributed by atoms with Gasteiger partial charge < -0.3 is 5.73 Å². The molecule has 1 heterocycles. The molecule has 0 fully saturated rings. The van der Waals surface area contributed by atoms with E-state index in [4.69, 9.17) is 5.73 Å². The summed E-state index contributed by atoms with van der Waals surface area (Å²) in [4.78, 5) is 11.6. The number of hydrogen-bond acceptors (Lipinski definition) is 3. The highest BCUT2D eigenvalue weighted by Crippen LogP contribution is 2.10. The first-order chi connectivity index (χ1) is 7.75. The van der Waals surface area contributed by atoms with E-state index in [1.807, 2.05) is 41.1 Å². The number of ketones is 1. The average molecular weight is 229 g/mol. The normalized spacial score (nSPS) is 10.8. The first-order valence-electron chi connectivity index (χ1n) is 4.86. The molecule has 0 aliphatic rings. The van der Waals surface area contributed by atoms with Crippen LogP contribution in [0.25, 0.3) is 6.08 Å². The van der Waals surface area contributed by atoms with Crippen molar-refractivity contribution in [1.29, 1.82) is 0 Å². The van der Waals surface area contributed by atoms with Gasteiger partial charge in [0.2, 0.25) is 0 Å². The minimum atomic E-state index is 0.0260. The first kappa shape index (κ1) is 10.6. The quantitative estimate of drug-likeness (QED) is 0.499. The Morgan fingerprint density at radius 1 is 1.19 bits per heavy atom. The van der Waals surface area contributed by atoms with Crippen molar-refractivity contribution in [3.05, 3.63) is 58.3 Å². The predicted molar refractivity (Wildman–Crippen MR) is 68.5 cm³/mol. The lowest BCUT2D eigenvalue weighted by atomic mass is 10.1. The van der Waals surface area contributed by atoms with Gasteiger partial charge in [-0.3, -0.25) is 4.79 Å². The van der Waals surface area contributed by atoms with Crippen LogP contribution >= 0.6 is 11.3 Å². The van der Waals surface area contributed by atoms with Crippen LogP contribution < -0.4 is 5.73 Å². The molecule has 2 N–H and O–H groups in total. The molecule has 0 saturated heterocycles. The molecule has 0 unspecified atom stereocenters. The van der Waals surface area contributed by atoms with E-state index in [-0.39, 0.29) is 5.78 Å². The van der Waals surface area contributed by atoms with Crippen LogP contribution in [0.5, 0.6) is 0 Å². The Kier molecular flexibility index (Phi) is 3.17. The zero-order valence-electron chi connectivity index (χ0n) is 8.59. The largest absolute Gasteiger partial charge is 0.399 e. The summed E-state index contributed by atoms with van der Waals surface area (Å²) in [5.74, 6) is 0.0260. The molecule has 2 nitrogen and oxygen atoms in total. The minimum absolute atomic E-state index is 0.0260. The van der Waals surface area contributed by atoms with Crippen molar-refractivity contribution in [2.24, 2.45) is 0 Å². The number of carbonyl (C=O) groups excluding carboxylic acids is 1. The predicted octanol–water partition coefficient (Wildman–Crippen LogP) is 3.23. The molecular formula is C13H11NOS. The third-order valence-corrected chi connectivity index (χ3v) is 2.85. The second-order valence-corrected chi connectivity index (χ2v) is 4.16. The summed E-state index contributed by atoms with van der Waals surface area (Å²) in [5.41, 5.74) is 8.00. The third-order valence-electron chi connectivity index (χ3n) is 2.17. The number of thiophene rings is 1. The highest BCUT2D eigenvalue weighted by Gasteiger charge is 2.00. The van der Waals surface area contributed by atoms with Crippen LogP contribution in [0.3, 0.4) is 0 Å². The highest BCUT2D eigenvalue weighted by atomic mass is 32.1. The molecule has 80 valence electrons. The standard InChI is InChI=1S/C13H11NOS/c14-12-4-1-10(2-5-12)3-6-13(15)11-7-8-16-9-11/h1-9H,14H2/b6-3+. The molecule has 2 aromatic rings. The van der Waals surface area contributed by atoms with Crippen LogP contribution in [0.15, 0.2) is 47.2 Å². The second-order valence-electron chi connectivity index (χ2n) is 3.38. The maximum absolute atomic E-state index is 11.6. The molecule has 1 aromatic heterocycles. The fraction of sp³-hybridized carbons (Fsp3) is 0. The van der Waals surface area contributed by atoms with E-state index < -0.39 is 0 Å². The Bertz CT molecular complexity index is 497. The summed E-state index contributed by atoms with van der Waals surface area (Å²) in [6.45, 7) is 0. The summed E-state index contributed by atoms with van der Waals surface area (Å²) < 4.78 is 0. The number of nitrogen functional groups attached to an aromatic ring is 1. The third kappa shape index (κ3) is 2.58. The van der Waals surface area contributed by atoms with Crippen LogP contribution in [-0.2, 0) is 0 Å². The molecule has 3 heteroatoms. The molecule has 0 radical (unpaired) electrons. The zero-order valence-corrected chi connectivity index (χ0v) is 9.41. The van der Waals surface area contributed by atoms with Crippen molar-refractivity contribution in [2.45, 2.75) is 0 Å². The second kappa shape index (κ2) is 4.77. The van der Waals surface area contributed by atoms with Crippen molar-refractivity contribution in [3.63, 3.8) is 0 Å². The molecule has 2 rings (SSSR count). The maximum atomic E-state index is 11.6. The Morgan fingerprint density at radius 3 is 2.56 bits per heavy atom. The number of rotatable bonds is 3. The topological polar surface area (TPSA) is 43.1 Å². The van der Waals surface area contributed by atoms with Gasteiger partial charge in [0.15, 0.2) is 5.78 Å². The molecule has 0 saturated carbocycles. The van der Waals surface area contributed by atoms with E-state index in [0.717, 1.165) is 16.8 Å². The Labute approximate surface area is 98.0 Å². The van der Waals surface area contributed by atoms with Gasteiger partial charge in [-0.1, -0.05) is 18.2 Å². The number of anilines is 1. The van der Waals surface area contributed by atoms with Crippen LogP contribution in [0.1, 0.15) is 15.9 Å². The van der Waals surface area contributed by atoms with Gasteiger partial charge >= 0.3 is 0 Å². The Hall–Kier alpha value is -1.87. The molecule has 0 amide bonds. The van der Waals surface area contributed by atoms with Crippen molar-refractivity contribution in [1.82, 2.24) is 0 Å².